The van der Waals surface area contributed by atoms with E-state index < -0.39 is 5.82 Å². The van der Waals surface area contributed by atoms with E-state index in [0.717, 1.165) is 24.7 Å². The van der Waals surface area contributed by atoms with Gasteiger partial charge in [0.25, 0.3) is 5.91 Å². The second-order valence-corrected chi connectivity index (χ2v) is 7.43. The van der Waals surface area contributed by atoms with Gasteiger partial charge < -0.3 is 10.6 Å². The number of nitrogens with one attached hydrogen (secondary N) is 2. The second-order valence-electron chi connectivity index (χ2n) is 7.43. The number of hydrogen-bond donors (Lipinski definition) is 2. The SMILES string of the molecule is Cc1ccn(CCNC(=O)C[C@H]2CC[C@@H](CNC(=O)c3cncc(F)c3)N2C)n1. The molecule has 0 saturated carbocycles. The van der Waals surface area contributed by atoms with Gasteiger partial charge >= 0.3 is 0 Å². The Hall–Kier alpha value is -2.81. The standard InChI is InChI=1S/C20H27FN6O2/c1-14-5-7-27(25-14)8-6-23-19(28)10-17-3-4-18(26(17)2)13-24-20(29)15-9-16(21)12-22-11-15/h5,7,9,11-12,17-18H,3-4,6,8,10,13H2,1-2H3,(H,23,28)(H,24,29)/t17-,18+/m1/s1. The van der Waals surface area contributed by atoms with Crippen LogP contribution in [-0.2, 0) is 11.3 Å². The van der Waals surface area contributed by atoms with Crippen LogP contribution in [-0.4, -0.2) is 63.7 Å². The van der Waals surface area contributed by atoms with Gasteiger partial charge in [0.1, 0.15) is 5.82 Å². The van der Waals surface area contributed by atoms with Gasteiger partial charge in [-0.3, -0.25) is 24.2 Å². The molecule has 1 saturated heterocycles. The first-order valence-corrected chi connectivity index (χ1v) is 9.80. The highest BCUT2D eigenvalue weighted by molar-refractivity contribution is 5.93. The zero-order valence-electron chi connectivity index (χ0n) is 16.8. The Bertz CT molecular complexity index is 855. The molecule has 1 fully saturated rings. The molecule has 3 rings (SSSR count). The Balaban J connectivity index is 1.39. The van der Waals surface area contributed by atoms with Crippen LogP contribution < -0.4 is 10.6 Å². The number of amides is 2. The zero-order chi connectivity index (χ0) is 20.8. The number of nitrogens with zero attached hydrogens (tertiary/aromatic N) is 4. The summed E-state index contributed by atoms with van der Waals surface area (Å²) in [4.78, 5) is 30.2. The Morgan fingerprint density at radius 2 is 2.03 bits per heavy atom. The van der Waals surface area contributed by atoms with Gasteiger partial charge in [-0.2, -0.15) is 5.10 Å². The molecule has 2 N–H and O–H groups in total. The first-order valence-electron chi connectivity index (χ1n) is 9.80. The van der Waals surface area contributed by atoms with E-state index >= 15 is 0 Å². The smallest absolute Gasteiger partial charge is 0.253 e. The third-order valence-electron chi connectivity index (χ3n) is 5.31. The van der Waals surface area contributed by atoms with Gasteiger partial charge in [-0.05, 0) is 38.9 Å². The molecule has 0 aromatic carbocycles. The second kappa shape index (κ2) is 9.60. The number of pyridine rings is 1. The van der Waals surface area contributed by atoms with Crippen LogP contribution in [0.15, 0.2) is 30.7 Å². The van der Waals surface area contributed by atoms with Crippen molar-refractivity contribution in [3.8, 4) is 0 Å². The van der Waals surface area contributed by atoms with Crippen molar-refractivity contribution in [1.82, 2.24) is 30.3 Å². The maximum absolute atomic E-state index is 13.2. The fourth-order valence-electron chi connectivity index (χ4n) is 3.61. The summed E-state index contributed by atoms with van der Waals surface area (Å²) in [6.07, 6.45) is 6.51. The number of halogens is 1. The molecule has 8 nitrogen and oxygen atoms in total. The van der Waals surface area contributed by atoms with Gasteiger partial charge in [0.05, 0.1) is 24.0 Å². The predicted molar refractivity (Wildman–Crippen MR) is 106 cm³/mol. The van der Waals surface area contributed by atoms with Gasteiger partial charge in [-0.15, -0.1) is 0 Å². The summed E-state index contributed by atoms with van der Waals surface area (Å²) in [5, 5.41) is 10.1. The summed E-state index contributed by atoms with van der Waals surface area (Å²) >= 11 is 0. The molecule has 0 spiro atoms. The van der Waals surface area contributed by atoms with Crippen molar-refractivity contribution in [2.45, 2.75) is 44.8 Å². The molecule has 156 valence electrons. The molecule has 3 heterocycles. The molecule has 0 unspecified atom stereocenters. The molecule has 2 aromatic rings. The van der Waals surface area contributed by atoms with Crippen LogP contribution >= 0.6 is 0 Å². The number of likely N-dealkylation sites (tertiary alicyclic amines) is 1. The Morgan fingerprint density at radius 3 is 2.76 bits per heavy atom. The number of carbonyl (C=O) groups excluding carboxylic acids is 2. The van der Waals surface area contributed by atoms with Crippen LogP contribution in [0.3, 0.4) is 0 Å². The van der Waals surface area contributed by atoms with Gasteiger partial charge in [0, 0.05) is 44.0 Å². The summed E-state index contributed by atoms with van der Waals surface area (Å²) in [6.45, 7) is 3.56. The lowest BCUT2D eigenvalue weighted by Crippen LogP contribution is -2.42. The quantitative estimate of drug-likeness (QED) is 0.691. The summed E-state index contributed by atoms with van der Waals surface area (Å²) in [7, 11) is 1.97. The number of likely N-dealkylation sites (N-methyl/N-ethyl adjacent to an activating group) is 1. The third kappa shape index (κ3) is 5.83. The average Bonchev–Trinajstić information content (AvgIpc) is 3.26. The van der Waals surface area contributed by atoms with E-state index in [1.165, 1.54) is 12.3 Å². The van der Waals surface area contributed by atoms with Crippen molar-refractivity contribution in [3.05, 3.63) is 47.8 Å². The van der Waals surface area contributed by atoms with Gasteiger partial charge in [0.2, 0.25) is 5.91 Å². The number of carbonyl (C=O) groups is 2. The third-order valence-corrected chi connectivity index (χ3v) is 5.31. The number of rotatable bonds is 8. The van der Waals surface area contributed by atoms with Crippen LogP contribution in [0.5, 0.6) is 0 Å². The maximum atomic E-state index is 13.2. The Morgan fingerprint density at radius 1 is 1.24 bits per heavy atom. The van der Waals surface area contributed by atoms with E-state index in [0.29, 0.717) is 26.1 Å². The van der Waals surface area contributed by atoms with Gasteiger partial charge in [0.15, 0.2) is 0 Å². The van der Waals surface area contributed by atoms with E-state index in [1.54, 1.807) is 0 Å². The van der Waals surface area contributed by atoms with Crippen LogP contribution in [0.25, 0.3) is 0 Å². The van der Waals surface area contributed by atoms with Gasteiger partial charge in [-0.1, -0.05) is 0 Å². The molecular weight excluding hydrogens is 375 g/mol. The summed E-state index contributed by atoms with van der Waals surface area (Å²) in [5.74, 6) is -0.869. The highest BCUT2D eigenvalue weighted by atomic mass is 19.1. The molecule has 9 heteroatoms. The fraction of sp³-hybridized carbons (Fsp3) is 0.500. The van der Waals surface area contributed by atoms with Crippen molar-refractivity contribution < 1.29 is 14.0 Å². The van der Waals surface area contributed by atoms with Crippen LogP contribution in [0.2, 0.25) is 0 Å². The average molecular weight is 402 g/mol. The largest absolute Gasteiger partial charge is 0.354 e. The monoisotopic (exact) mass is 402 g/mol. The van der Waals surface area contributed by atoms with E-state index in [9.17, 15) is 14.0 Å². The lowest BCUT2D eigenvalue weighted by molar-refractivity contribution is -0.122. The summed E-state index contributed by atoms with van der Waals surface area (Å²) in [5.41, 5.74) is 1.16. The summed E-state index contributed by atoms with van der Waals surface area (Å²) < 4.78 is 15.0. The molecule has 0 bridgehead atoms. The molecule has 0 radical (unpaired) electrons. The van der Waals surface area contributed by atoms with Crippen LogP contribution in [0.4, 0.5) is 4.39 Å². The lowest BCUT2D eigenvalue weighted by Gasteiger charge is -2.25. The van der Waals surface area contributed by atoms with E-state index in [4.69, 9.17) is 0 Å². The predicted octanol–water partition coefficient (Wildman–Crippen LogP) is 1.12. The van der Waals surface area contributed by atoms with Crippen molar-refractivity contribution >= 4 is 11.8 Å². The minimum atomic E-state index is -0.538. The topological polar surface area (TPSA) is 92.2 Å². The minimum Gasteiger partial charge on any atom is -0.354 e. The molecule has 2 amide bonds. The first-order chi connectivity index (χ1) is 13.9. The van der Waals surface area contributed by atoms with E-state index in [-0.39, 0.29) is 29.5 Å². The van der Waals surface area contributed by atoms with Crippen molar-refractivity contribution in [3.63, 3.8) is 0 Å². The van der Waals surface area contributed by atoms with Crippen molar-refractivity contribution in [2.24, 2.45) is 0 Å². The van der Waals surface area contributed by atoms with Crippen LogP contribution in [0.1, 0.15) is 35.3 Å². The number of aryl methyl sites for hydroxylation is 1. The number of aromatic nitrogens is 3. The molecule has 0 aliphatic carbocycles. The van der Waals surface area contributed by atoms with Crippen LogP contribution in [0, 0.1) is 12.7 Å². The number of hydrogen-bond acceptors (Lipinski definition) is 5. The van der Waals surface area contributed by atoms with E-state index in [2.05, 4.69) is 25.6 Å². The molecule has 1 aliphatic heterocycles. The Kier molecular flexibility index (Phi) is 6.92. The molecule has 2 atom stereocenters. The highest BCUT2D eigenvalue weighted by Crippen LogP contribution is 2.24. The fourth-order valence-corrected chi connectivity index (χ4v) is 3.61. The zero-order valence-corrected chi connectivity index (χ0v) is 16.8. The highest BCUT2D eigenvalue weighted by Gasteiger charge is 2.31. The van der Waals surface area contributed by atoms with Crippen molar-refractivity contribution in [2.75, 3.05) is 20.1 Å². The normalized spacial score (nSPS) is 19.3. The maximum Gasteiger partial charge on any atom is 0.253 e. The van der Waals surface area contributed by atoms with Gasteiger partial charge in [-0.25, -0.2) is 4.39 Å². The Labute approximate surface area is 169 Å². The molecular formula is C20H27FN6O2. The summed E-state index contributed by atoms with van der Waals surface area (Å²) in [6, 6.07) is 3.38. The first kappa shape index (κ1) is 20.9. The lowest BCUT2D eigenvalue weighted by atomic mass is 10.1. The molecule has 1 aliphatic rings. The van der Waals surface area contributed by atoms with Crippen molar-refractivity contribution in [1.29, 1.82) is 0 Å². The molecule has 2 aromatic heterocycles. The molecule has 29 heavy (non-hydrogen) atoms. The van der Waals surface area contributed by atoms with E-state index in [1.807, 2.05) is 30.9 Å². The minimum absolute atomic E-state index is 0.0150.